The standard InChI is InChI=1S/C9H12N2O4/c1-13-9(12)7-4-11-8(15-7)6-5-14-3-2-10-6/h4,6,10H,2-3,5H2,1H3. The second kappa shape index (κ2) is 4.41. The minimum atomic E-state index is -0.523. The summed E-state index contributed by atoms with van der Waals surface area (Å²) in [6.45, 7) is 1.93. The predicted octanol–water partition coefficient (Wildman–Crippen LogP) is 0.122. The Kier molecular flexibility index (Phi) is 2.98. The first-order valence-electron chi connectivity index (χ1n) is 4.66. The molecule has 0 saturated carbocycles. The molecule has 2 rings (SSSR count). The van der Waals surface area contributed by atoms with Gasteiger partial charge in [0.15, 0.2) is 0 Å². The van der Waals surface area contributed by atoms with Crippen LogP contribution in [0.2, 0.25) is 0 Å². The van der Waals surface area contributed by atoms with E-state index in [0.717, 1.165) is 6.54 Å². The van der Waals surface area contributed by atoms with Crippen molar-refractivity contribution < 1.29 is 18.7 Å². The molecule has 0 radical (unpaired) electrons. The highest BCUT2D eigenvalue weighted by atomic mass is 16.5. The largest absolute Gasteiger partial charge is 0.463 e. The molecule has 1 aliphatic rings. The molecular weight excluding hydrogens is 200 g/mol. The third kappa shape index (κ3) is 2.16. The smallest absolute Gasteiger partial charge is 0.375 e. The summed E-state index contributed by atoms with van der Waals surface area (Å²) in [6.07, 6.45) is 1.36. The summed E-state index contributed by atoms with van der Waals surface area (Å²) >= 11 is 0. The van der Waals surface area contributed by atoms with E-state index in [-0.39, 0.29) is 11.8 Å². The topological polar surface area (TPSA) is 73.6 Å². The minimum Gasteiger partial charge on any atom is -0.463 e. The molecule has 1 aromatic heterocycles. The average Bonchev–Trinajstić information content (AvgIpc) is 2.78. The number of esters is 1. The van der Waals surface area contributed by atoms with E-state index in [4.69, 9.17) is 9.15 Å². The average molecular weight is 212 g/mol. The van der Waals surface area contributed by atoms with Crippen molar-refractivity contribution in [2.75, 3.05) is 26.9 Å². The zero-order valence-electron chi connectivity index (χ0n) is 8.36. The number of morpholine rings is 1. The zero-order chi connectivity index (χ0) is 10.7. The van der Waals surface area contributed by atoms with Gasteiger partial charge in [0.05, 0.1) is 26.5 Å². The molecule has 1 aromatic rings. The Hall–Kier alpha value is -1.40. The number of carbonyl (C=O) groups excluding carboxylic acids is 1. The maximum absolute atomic E-state index is 11.1. The van der Waals surface area contributed by atoms with E-state index in [1.165, 1.54) is 13.3 Å². The minimum absolute atomic E-state index is 0.0860. The van der Waals surface area contributed by atoms with Crippen LogP contribution in [0.1, 0.15) is 22.5 Å². The van der Waals surface area contributed by atoms with E-state index in [1.807, 2.05) is 0 Å². The van der Waals surface area contributed by atoms with Crippen molar-refractivity contribution in [1.82, 2.24) is 10.3 Å². The van der Waals surface area contributed by atoms with Crippen LogP contribution >= 0.6 is 0 Å². The van der Waals surface area contributed by atoms with Gasteiger partial charge >= 0.3 is 5.97 Å². The molecule has 0 aliphatic carbocycles. The van der Waals surface area contributed by atoms with Gasteiger partial charge in [-0.05, 0) is 0 Å². The number of hydrogen-bond donors (Lipinski definition) is 1. The lowest BCUT2D eigenvalue weighted by atomic mass is 10.3. The molecule has 6 heteroatoms. The van der Waals surface area contributed by atoms with Gasteiger partial charge in [0.1, 0.15) is 6.04 Å². The number of nitrogens with zero attached hydrogens (tertiary/aromatic N) is 1. The third-order valence-electron chi connectivity index (χ3n) is 2.13. The Bertz CT molecular complexity index is 344. The lowest BCUT2D eigenvalue weighted by Crippen LogP contribution is -2.34. The molecule has 0 spiro atoms. The molecule has 0 amide bonds. The fourth-order valence-electron chi connectivity index (χ4n) is 1.37. The highest BCUT2D eigenvalue weighted by Crippen LogP contribution is 2.16. The van der Waals surface area contributed by atoms with Crippen molar-refractivity contribution in [1.29, 1.82) is 0 Å². The van der Waals surface area contributed by atoms with Crippen LogP contribution in [-0.2, 0) is 9.47 Å². The van der Waals surface area contributed by atoms with Crippen molar-refractivity contribution in [3.8, 4) is 0 Å². The molecule has 1 atom stereocenters. The molecule has 1 unspecified atom stereocenters. The molecule has 1 saturated heterocycles. The number of rotatable bonds is 2. The number of hydrogen-bond acceptors (Lipinski definition) is 6. The first kappa shape index (κ1) is 10.1. The molecule has 1 fully saturated rings. The van der Waals surface area contributed by atoms with Crippen molar-refractivity contribution in [2.45, 2.75) is 6.04 Å². The van der Waals surface area contributed by atoms with Crippen LogP contribution in [0.4, 0.5) is 0 Å². The summed E-state index contributed by atoms with van der Waals surface area (Å²) in [5.74, 6) is 0.0421. The Morgan fingerprint density at radius 1 is 1.73 bits per heavy atom. The number of oxazole rings is 1. The van der Waals surface area contributed by atoms with Gasteiger partial charge in [-0.2, -0.15) is 0 Å². The number of ether oxygens (including phenoxy) is 2. The van der Waals surface area contributed by atoms with Crippen LogP contribution in [0.3, 0.4) is 0 Å². The van der Waals surface area contributed by atoms with E-state index in [9.17, 15) is 4.79 Å². The van der Waals surface area contributed by atoms with E-state index in [2.05, 4.69) is 15.0 Å². The SMILES string of the molecule is COC(=O)c1cnc(C2COCCN2)o1. The highest BCUT2D eigenvalue weighted by molar-refractivity contribution is 5.85. The summed E-state index contributed by atoms with van der Waals surface area (Å²) in [5, 5.41) is 3.17. The van der Waals surface area contributed by atoms with Crippen LogP contribution in [0.5, 0.6) is 0 Å². The van der Waals surface area contributed by atoms with Gasteiger partial charge in [0.2, 0.25) is 11.7 Å². The molecule has 2 heterocycles. The summed E-state index contributed by atoms with van der Waals surface area (Å²) < 4.78 is 15.0. The van der Waals surface area contributed by atoms with Gasteiger partial charge in [0.25, 0.3) is 0 Å². The van der Waals surface area contributed by atoms with Gasteiger partial charge in [-0.25, -0.2) is 9.78 Å². The van der Waals surface area contributed by atoms with Gasteiger partial charge in [-0.3, -0.25) is 0 Å². The summed E-state index contributed by atoms with van der Waals surface area (Å²) in [7, 11) is 1.30. The van der Waals surface area contributed by atoms with Gasteiger partial charge in [-0.1, -0.05) is 0 Å². The molecule has 15 heavy (non-hydrogen) atoms. The second-order valence-electron chi connectivity index (χ2n) is 3.14. The van der Waals surface area contributed by atoms with Crippen molar-refractivity contribution in [2.24, 2.45) is 0 Å². The van der Waals surface area contributed by atoms with Gasteiger partial charge in [-0.15, -0.1) is 0 Å². The first-order valence-corrected chi connectivity index (χ1v) is 4.66. The molecule has 82 valence electrons. The second-order valence-corrected chi connectivity index (χ2v) is 3.14. The molecule has 0 aromatic carbocycles. The van der Waals surface area contributed by atoms with Crippen LogP contribution in [0, 0.1) is 0 Å². The number of methoxy groups -OCH3 is 1. The summed E-state index contributed by atoms with van der Waals surface area (Å²) in [5.41, 5.74) is 0. The quantitative estimate of drug-likeness (QED) is 0.702. The Morgan fingerprint density at radius 3 is 3.27 bits per heavy atom. The number of aromatic nitrogens is 1. The van der Waals surface area contributed by atoms with Crippen molar-refractivity contribution in [3.05, 3.63) is 17.8 Å². The zero-order valence-corrected chi connectivity index (χ0v) is 8.36. The van der Waals surface area contributed by atoms with Crippen molar-refractivity contribution >= 4 is 5.97 Å². The lowest BCUT2D eigenvalue weighted by molar-refractivity contribution is 0.0537. The lowest BCUT2D eigenvalue weighted by Gasteiger charge is -2.20. The monoisotopic (exact) mass is 212 g/mol. The molecule has 1 N–H and O–H groups in total. The Labute approximate surface area is 86.6 Å². The van der Waals surface area contributed by atoms with Gasteiger partial charge in [0, 0.05) is 6.54 Å². The Balaban J connectivity index is 2.08. The summed E-state index contributed by atoms with van der Waals surface area (Å²) in [6, 6.07) is -0.0860. The van der Waals surface area contributed by atoms with Crippen LogP contribution in [0.25, 0.3) is 0 Å². The molecule has 0 bridgehead atoms. The predicted molar refractivity (Wildman–Crippen MR) is 49.4 cm³/mol. The third-order valence-corrected chi connectivity index (χ3v) is 2.13. The van der Waals surface area contributed by atoms with E-state index in [0.29, 0.717) is 19.1 Å². The maximum atomic E-state index is 11.1. The number of carbonyl (C=O) groups is 1. The number of nitrogens with one attached hydrogen (secondary N) is 1. The van der Waals surface area contributed by atoms with E-state index >= 15 is 0 Å². The molecule has 6 nitrogen and oxygen atoms in total. The van der Waals surface area contributed by atoms with Crippen molar-refractivity contribution in [3.63, 3.8) is 0 Å². The summed E-state index contributed by atoms with van der Waals surface area (Å²) in [4.78, 5) is 15.1. The fourth-order valence-corrected chi connectivity index (χ4v) is 1.37. The van der Waals surface area contributed by atoms with E-state index < -0.39 is 5.97 Å². The van der Waals surface area contributed by atoms with Crippen LogP contribution in [-0.4, -0.2) is 37.8 Å². The fraction of sp³-hybridized carbons (Fsp3) is 0.556. The van der Waals surface area contributed by atoms with Crippen LogP contribution < -0.4 is 5.32 Å². The van der Waals surface area contributed by atoms with E-state index in [1.54, 1.807) is 0 Å². The van der Waals surface area contributed by atoms with Crippen LogP contribution in [0.15, 0.2) is 10.6 Å². The maximum Gasteiger partial charge on any atom is 0.375 e. The highest BCUT2D eigenvalue weighted by Gasteiger charge is 2.22. The van der Waals surface area contributed by atoms with Gasteiger partial charge < -0.3 is 19.2 Å². The Morgan fingerprint density at radius 2 is 2.60 bits per heavy atom. The normalized spacial score (nSPS) is 21.3. The molecular formula is C9H12N2O4. The molecule has 1 aliphatic heterocycles. The first-order chi connectivity index (χ1) is 7.31.